The van der Waals surface area contributed by atoms with Crippen molar-refractivity contribution in [2.24, 2.45) is 17.8 Å². The number of carbonyl (C=O) groups is 2. The molecule has 3 aromatic carbocycles. The predicted octanol–water partition coefficient (Wildman–Crippen LogP) is 8.22. The van der Waals surface area contributed by atoms with Gasteiger partial charge in [-0.3, -0.25) is 4.79 Å². The Bertz CT molecular complexity index is 1370. The molecule has 3 aromatic rings. The standard InChI is InChI=1S/C35H40O5/c1-4-5-6-33(39-22(2)36)40-32-18-29-12-11-28(26-7-9-27(10-8-26)34(37)38-3)16-30(29)17-31(32)35-19-23-13-24(20-35)15-25(14-23)21-35/h7-12,16-18,23-25,33H,4-6,13-15,19-21H2,1-3H3. The Morgan fingerprint density at radius 3 is 2.12 bits per heavy atom. The Hall–Kier alpha value is -3.34. The van der Waals surface area contributed by atoms with Gasteiger partial charge >= 0.3 is 11.9 Å². The van der Waals surface area contributed by atoms with E-state index in [0.29, 0.717) is 12.0 Å². The minimum atomic E-state index is -0.574. The van der Waals surface area contributed by atoms with Crippen molar-refractivity contribution >= 4 is 22.7 Å². The molecule has 0 aromatic heterocycles. The van der Waals surface area contributed by atoms with Crippen LogP contribution in [-0.4, -0.2) is 25.3 Å². The summed E-state index contributed by atoms with van der Waals surface area (Å²) in [5.41, 5.74) is 4.13. The molecule has 5 nitrogen and oxygen atoms in total. The molecule has 5 heteroatoms. The minimum absolute atomic E-state index is 0.127. The molecule has 4 saturated carbocycles. The SMILES string of the molecule is CCCCC(OC(C)=O)Oc1cc2ccc(-c3ccc(C(=O)OC)cc3)cc2cc1C12CC3CC(CC(C3)C1)C2. The Balaban J connectivity index is 1.41. The van der Waals surface area contributed by atoms with Gasteiger partial charge in [-0.05, 0) is 120 Å². The predicted molar refractivity (Wildman–Crippen MR) is 156 cm³/mol. The van der Waals surface area contributed by atoms with Crippen molar-refractivity contribution in [3.05, 3.63) is 65.7 Å². The summed E-state index contributed by atoms with van der Waals surface area (Å²) < 4.78 is 17.1. The lowest BCUT2D eigenvalue weighted by Crippen LogP contribution is -2.48. The van der Waals surface area contributed by atoms with E-state index in [1.165, 1.54) is 63.5 Å². The van der Waals surface area contributed by atoms with Gasteiger partial charge in [0.25, 0.3) is 0 Å². The van der Waals surface area contributed by atoms with E-state index in [4.69, 9.17) is 14.2 Å². The van der Waals surface area contributed by atoms with Crippen LogP contribution in [0.15, 0.2) is 54.6 Å². The van der Waals surface area contributed by atoms with Crippen LogP contribution in [0.4, 0.5) is 0 Å². The Kier molecular flexibility index (Phi) is 7.33. The van der Waals surface area contributed by atoms with Gasteiger partial charge in [-0.1, -0.05) is 37.6 Å². The number of fused-ring (bicyclic) bond motifs is 1. The number of benzene rings is 3. The Labute approximate surface area is 237 Å². The van der Waals surface area contributed by atoms with Crippen molar-refractivity contribution in [3.8, 4) is 16.9 Å². The first-order valence-electron chi connectivity index (χ1n) is 15.0. The van der Waals surface area contributed by atoms with Crippen molar-refractivity contribution in [3.63, 3.8) is 0 Å². The topological polar surface area (TPSA) is 61.8 Å². The zero-order valence-corrected chi connectivity index (χ0v) is 23.9. The highest BCUT2D eigenvalue weighted by Crippen LogP contribution is 2.62. The maximum Gasteiger partial charge on any atom is 0.337 e. The largest absolute Gasteiger partial charge is 0.465 e. The third-order valence-electron chi connectivity index (χ3n) is 9.54. The van der Waals surface area contributed by atoms with Crippen LogP contribution in [-0.2, 0) is 19.7 Å². The lowest BCUT2D eigenvalue weighted by atomic mass is 9.48. The van der Waals surface area contributed by atoms with Gasteiger partial charge < -0.3 is 14.2 Å². The molecule has 40 heavy (non-hydrogen) atoms. The van der Waals surface area contributed by atoms with Crippen LogP contribution in [0.2, 0.25) is 0 Å². The molecule has 4 bridgehead atoms. The molecule has 4 aliphatic carbocycles. The zero-order chi connectivity index (χ0) is 27.9. The summed E-state index contributed by atoms with van der Waals surface area (Å²) >= 11 is 0. The van der Waals surface area contributed by atoms with Gasteiger partial charge in [-0.2, -0.15) is 0 Å². The number of unbranched alkanes of at least 4 members (excludes halogenated alkanes) is 1. The summed E-state index contributed by atoms with van der Waals surface area (Å²) in [4.78, 5) is 23.8. The maximum atomic E-state index is 11.9. The fourth-order valence-electron chi connectivity index (χ4n) is 8.16. The summed E-state index contributed by atoms with van der Waals surface area (Å²) in [6.45, 7) is 3.60. The Morgan fingerprint density at radius 1 is 0.875 bits per heavy atom. The molecule has 1 unspecified atom stereocenters. The molecule has 0 heterocycles. The summed E-state index contributed by atoms with van der Waals surface area (Å²) in [5.74, 6) is 2.66. The van der Waals surface area contributed by atoms with Crippen LogP contribution in [0.5, 0.6) is 5.75 Å². The zero-order valence-electron chi connectivity index (χ0n) is 23.9. The average molecular weight is 541 g/mol. The molecular formula is C35H40O5. The molecule has 0 amide bonds. The quantitative estimate of drug-likeness (QED) is 0.202. The van der Waals surface area contributed by atoms with Gasteiger partial charge in [0, 0.05) is 18.9 Å². The van der Waals surface area contributed by atoms with Gasteiger partial charge in [-0.15, -0.1) is 0 Å². The summed E-state index contributed by atoms with van der Waals surface area (Å²) in [7, 11) is 1.40. The number of methoxy groups -OCH3 is 1. The third kappa shape index (κ3) is 5.23. The van der Waals surface area contributed by atoms with Gasteiger partial charge in [0.05, 0.1) is 12.7 Å². The van der Waals surface area contributed by atoms with Gasteiger partial charge in [0.15, 0.2) is 0 Å². The van der Waals surface area contributed by atoms with Crippen molar-refractivity contribution in [1.82, 2.24) is 0 Å². The number of ether oxygens (including phenoxy) is 3. The van der Waals surface area contributed by atoms with E-state index in [1.54, 1.807) is 0 Å². The van der Waals surface area contributed by atoms with E-state index in [9.17, 15) is 9.59 Å². The van der Waals surface area contributed by atoms with E-state index in [2.05, 4.69) is 37.3 Å². The van der Waals surface area contributed by atoms with Crippen molar-refractivity contribution in [2.45, 2.75) is 83.3 Å². The maximum absolute atomic E-state index is 11.9. The number of hydrogen-bond donors (Lipinski definition) is 0. The molecule has 4 aliphatic rings. The number of esters is 2. The van der Waals surface area contributed by atoms with Crippen LogP contribution in [0.1, 0.15) is 87.6 Å². The molecule has 0 saturated heterocycles. The molecular weight excluding hydrogens is 500 g/mol. The minimum Gasteiger partial charge on any atom is -0.465 e. The smallest absolute Gasteiger partial charge is 0.337 e. The van der Waals surface area contributed by atoms with Gasteiger partial charge in [0.2, 0.25) is 6.29 Å². The molecule has 1 atom stereocenters. The highest BCUT2D eigenvalue weighted by molar-refractivity contribution is 5.92. The number of hydrogen-bond acceptors (Lipinski definition) is 5. The van der Waals surface area contributed by atoms with Crippen molar-refractivity contribution in [1.29, 1.82) is 0 Å². The van der Waals surface area contributed by atoms with Crippen molar-refractivity contribution < 1.29 is 23.8 Å². The molecule has 7 rings (SSSR count). The highest BCUT2D eigenvalue weighted by Gasteiger charge is 2.52. The first-order valence-corrected chi connectivity index (χ1v) is 15.0. The van der Waals surface area contributed by atoms with E-state index in [1.807, 2.05) is 24.3 Å². The first-order chi connectivity index (χ1) is 19.4. The Morgan fingerprint density at radius 2 is 1.52 bits per heavy atom. The van der Waals surface area contributed by atoms with Crippen LogP contribution in [0.25, 0.3) is 21.9 Å². The van der Waals surface area contributed by atoms with Gasteiger partial charge in [-0.25, -0.2) is 4.79 Å². The fourth-order valence-corrected chi connectivity index (χ4v) is 8.16. The second kappa shape index (κ2) is 10.9. The third-order valence-corrected chi connectivity index (χ3v) is 9.54. The molecule has 4 fully saturated rings. The molecule has 210 valence electrons. The van der Waals surface area contributed by atoms with Crippen molar-refractivity contribution in [2.75, 3.05) is 7.11 Å². The van der Waals surface area contributed by atoms with E-state index >= 15 is 0 Å². The molecule has 0 radical (unpaired) electrons. The molecule has 0 spiro atoms. The van der Waals surface area contributed by atoms with Gasteiger partial charge in [0.1, 0.15) is 5.75 Å². The summed E-state index contributed by atoms with van der Waals surface area (Å²) in [5, 5.41) is 2.29. The van der Waals surface area contributed by atoms with Crippen LogP contribution in [0.3, 0.4) is 0 Å². The number of rotatable bonds is 9. The van der Waals surface area contributed by atoms with E-state index in [-0.39, 0.29) is 17.4 Å². The average Bonchev–Trinajstić information content (AvgIpc) is 2.94. The normalized spacial score (nSPS) is 25.5. The van der Waals surface area contributed by atoms with Crippen LogP contribution >= 0.6 is 0 Å². The monoisotopic (exact) mass is 540 g/mol. The number of carbonyl (C=O) groups excluding carboxylic acids is 2. The lowest BCUT2D eigenvalue weighted by molar-refractivity contribution is -0.162. The van der Waals surface area contributed by atoms with Crippen LogP contribution in [0, 0.1) is 17.8 Å². The molecule has 0 N–H and O–H groups in total. The first kappa shape index (κ1) is 26.9. The highest BCUT2D eigenvalue weighted by atomic mass is 16.7. The van der Waals surface area contributed by atoms with E-state index < -0.39 is 6.29 Å². The second-order valence-corrected chi connectivity index (χ2v) is 12.5. The van der Waals surface area contributed by atoms with E-state index in [0.717, 1.165) is 52.9 Å². The fraction of sp³-hybridized carbons (Fsp3) is 0.486. The summed E-state index contributed by atoms with van der Waals surface area (Å²) in [6.07, 6.45) is 9.88. The van der Waals surface area contributed by atoms with Crippen LogP contribution < -0.4 is 4.74 Å². The lowest BCUT2D eigenvalue weighted by Gasteiger charge is -2.57. The second-order valence-electron chi connectivity index (χ2n) is 12.5. The molecule has 0 aliphatic heterocycles. The summed E-state index contributed by atoms with van der Waals surface area (Å²) in [6, 6.07) is 18.6.